The number of fused-ring (bicyclic) bond motifs is 5. The van der Waals surface area contributed by atoms with E-state index in [9.17, 15) is 0 Å². The third kappa shape index (κ3) is 2.20. The van der Waals surface area contributed by atoms with Gasteiger partial charge in [-0.05, 0) is 35.7 Å². The summed E-state index contributed by atoms with van der Waals surface area (Å²) in [6.45, 7) is 0. The summed E-state index contributed by atoms with van der Waals surface area (Å²) in [5.74, 6) is 0.655. The van der Waals surface area contributed by atoms with E-state index in [4.69, 9.17) is 9.68 Å². The van der Waals surface area contributed by atoms with Gasteiger partial charge in [0.05, 0.1) is 11.0 Å². The Hall–Kier alpha value is -3.24. The quantitative estimate of drug-likeness (QED) is 0.489. The highest BCUT2D eigenvalue weighted by molar-refractivity contribution is 6.18. The van der Waals surface area contributed by atoms with Gasteiger partial charge in [-0.15, -0.1) is 0 Å². The highest BCUT2D eigenvalue weighted by Crippen LogP contribution is 2.36. The van der Waals surface area contributed by atoms with Gasteiger partial charge in [-0.25, -0.2) is 0 Å². The molecule has 26 heavy (non-hydrogen) atoms. The summed E-state index contributed by atoms with van der Waals surface area (Å²) in [6, 6.07) is 29.2. The van der Waals surface area contributed by atoms with E-state index in [0.29, 0.717) is 5.75 Å². The number of hydrogen-bond acceptors (Lipinski definition) is 2. The second kappa shape index (κ2) is 5.93. The molecular weight excluding hydrogens is 321 g/mol. The molecule has 0 saturated carbocycles. The monoisotopic (exact) mass is 337 g/mol. The minimum Gasteiger partial charge on any atom is -0.539 e. The van der Waals surface area contributed by atoms with Crippen LogP contribution in [-0.4, -0.2) is 17.3 Å². The third-order valence-electron chi connectivity index (χ3n) is 4.89. The number of nitrogens with zero attached hydrogens (tertiary/aromatic N) is 1. The molecule has 1 aromatic heterocycles. The van der Waals surface area contributed by atoms with E-state index in [1.807, 2.05) is 24.3 Å². The predicted molar refractivity (Wildman–Crippen MR) is 108 cm³/mol. The van der Waals surface area contributed by atoms with Crippen LogP contribution in [0.4, 0.5) is 0 Å². The molecule has 0 amide bonds. The van der Waals surface area contributed by atoms with Gasteiger partial charge in [0.25, 0.3) is 0 Å². The Morgan fingerprint density at radius 1 is 0.692 bits per heavy atom. The Labute approximate surface area is 151 Å². The zero-order chi connectivity index (χ0) is 17.5. The van der Waals surface area contributed by atoms with E-state index >= 15 is 0 Å². The van der Waals surface area contributed by atoms with Crippen LogP contribution in [0.1, 0.15) is 0 Å². The van der Waals surface area contributed by atoms with Crippen molar-refractivity contribution in [3.8, 4) is 11.4 Å². The van der Waals surface area contributed by atoms with Gasteiger partial charge in [0.1, 0.15) is 5.75 Å². The molecule has 1 heterocycles. The fourth-order valence-corrected chi connectivity index (χ4v) is 3.76. The summed E-state index contributed by atoms with van der Waals surface area (Å²) in [5, 5.41) is 13.9. The van der Waals surface area contributed by atoms with Crippen LogP contribution in [0.3, 0.4) is 0 Å². The molecule has 124 valence electrons. The van der Waals surface area contributed by atoms with Crippen LogP contribution in [0, 0.1) is 0 Å². The zero-order valence-electron chi connectivity index (χ0n) is 14.1. The van der Waals surface area contributed by atoms with Crippen molar-refractivity contribution in [2.45, 2.75) is 0 Å². The topological polar surface area (TPSA) is 34.4 Å². The minimum atomic E-state index is -0.320. The van der Waals surface area contributed by atoms with Crippen molar-refractivity contribution < 1.29 is 9.68 Å². The van der Waals surface area contributed by atoms with E-state index in [-0.39, 0.29) is 7.69 Å². The van der Waals surface area contributed by atoms with Gasteiger partial charge in [0, 0.05) is 21.8 Å². The Morgan fingerprint density at radius 3 is 2.23 bits per heavy atom. The fraction of sp³-hybridized carbons (Fsp3) is 0. The first kappa shape index (κ1) is 15.1. The average Bonchev–Trinajstić information content (AvgIpc) is 3.04. The maximum absolute atomic E-state index is 8.95. The van der Waals surface area contributed by atoms with E-state index in [2.05, 4.69) is 65.2 Å². The van der Waals surface area contributed by atoms with Crippen LogP contribution >= 0.6 is 0 Å². The number of hydrogen-bond donors (Lipinski definition) is 1. The Bertz CT molecular complexity index is 1240. The molecule has 5 aromatic rings. The van der Waals surface area contributed by atoms with Crippen LogP contribution in [0.2, 0.25) is 0 Å². The lowest BCUT2D eigenvalue weighted by Gasteiger charge is -2.11. The molecule has 5 rings (SSSR count). The van der Waals surface area contributed by atoms with Gasteiger partial charge in [-0.3, -0.25) is 0 Å². The summed E-state index contributed by atoms with van der Waals surface area (Å²) in [5.41, 5.74) is 3.45. The first-order valence-electron chi connectivity index (χ1n) is 8.62. The fourth-order valence-electron chi connectivity index (χ4n) is 3.76. The number of rotatable bonds is 3. The summed E-state index contributed by atoms with van der Waals surface area (Å²) >= 11 is 0. The second-order valence-electron chi connectivity index (χ2n) is 6.30. The van der Waals surface area contributed by atoms with E-state index in [0.717, 1.165) is 5.69 Å². The summed E-state index contributed by atoms with van der Waals surface area (Å²) in [7, 11) is -0.320. The van der Waals surface area contributed by atoms with Gasteiger partial charge in [0.2, 0.25) is 0 Å². The summed E-state index contributed by atoms with van der Waals surface area (Å²) < 4.78 is 7.47. The van der Waals surface area contributed by atoms with Crippen LogP contribution < -0.4 is 4.65 Å². The van der Waals surface area contributed by atoms with Crippen LogP contribution in [0.15, 0.2) is 84.9 Å². The largest absolute Gasteiger partial charge is 0.539 e. The lowest BCUT2D eigenvalue weighted by atomic mass is 10.1. The van der Waals surface area contributed by atoms with Crippen molar-refractivity contribution in [2.24, 2.45) is 0 Å². The molecule has 0 aliphatic heterocycles. The summed E-state index contributed by atoms with van der Waals surface area (Å²) in [4.78, 5) is 0. The van der Waals surface area contributed by atoms with E-state index in [1.54, 1.807) is 0 Å². The molecule has 0 aliphatic rings. The maximum Gasteiger partial charge on any atom is 0.504 e. The molecule has 4 aromatic carbocycles. The number of benzene rings is 4. The Morgan fingerprint density at radius 2 is 1.42 bits per heavy atom. The normalized spacial score (nSPS) is 11.3. The van der Waals surface area contributed by atoms with Gasteiger partial charge in [-0.1, -0.05) is 54.6 Å². The van der Waals surface area contributed by atoms with Gasteiger partial charge in [0.15, 0.2) is 0 Å². The van der Waals surface area contributed by atoms with Crippen molar-refractivity contribution in [3.05, 3.63) is 84.9 Å². The van der Waals surface area contributed by atoms with E-state index < -0.39 is 0 Å². The molecule has 0 spiro atoms. The molecule has 0 saturated heterocycles. The first-order valence-corrected chi connectivity index (χ1v) is 8.62. The lowest BCUT2D eigenvalue weighted by Crippen LogP contribution is -2.00. The molecule has 0 bridgehead atoms. The molecule has 0 unspecified atom stereocenters. The van der Waals surface area contributed by atoms with Gasteiger partial charge in [-0.2, -0.15) is 0 Å². The van der Waals surface area contributed by atoms with E-state index in [1.165, 1.54) is 32.6 Å². The van der Waals surface area contributed by atoms with Crippen LogP contribution in [0.25, 0.3) is 38.3 Å². The number of aromatic nitrogens is 1. The smallest absolute Gasteiger partial charge is 0.504 e. The van der Waals surface area contributed by atoms with Crippen LogP contribution in [-0.2, 0) is 0 Å². The van der Waals surface area contributed by atoms with Crippen molar-refractivity contribution in [2.75, 3.05) is 0 Å². The molecule has 0 fully saturated rings. The Kier molecular flexibility index (Phi) is 3.44. The van der Waals surface area contributed by atoms with Gasteiger partial charge >= 0.3 is 7.69 Å². The summed E-state index contributed by atoms with van der Waals surface area (Å²) in [6.07, 6.45) is 0. The highest BCUT2D eigenvalue weighted by Gasteiger charge is 2.14. The SMILES string of the molecule is OBOc1ccc(-n2c3ccccc3c3ccc4ccccc4c32)cc1. The van der Waals surface area contributed by atoms with Crippen LogP contribution in [0.5, 0.6) is 5.75 Å². The molecular formula is C22H16BNO2. The second-order valence-corrected chi connectivity index (χ2v) is 6.30. The first-order chi connectivity index (χ1) is 12.9. The average molecular weight is 337 g/mol. The molecule has 3 nitrogen and oxygen atoms in total. The highest BCUT2D eigenvalue weighted by atomic mass is 16.5. The molecule has 0 radical (unpaired) electrons. The molecule has 0 aliphatic carbocycles. The van der Waals surface area contributed by atoms with Gasteiger partial charge < -0.3 is 14.2 Å². The van der Waals surface area contributed by atoms with Crippen molar-refractivity contribution in [1.29, 1.82) is 0 Å². The van der Waals surface area contributed by atoms with Crippen molar-refractivity contribution in [1.82, 2.24) is 4.57 Å². The van der Waals surface area contributed by atoms with Crippen molar-refractivity contribution in [3.63, 3.8) is 0 Å². The minimum absolute atomic E-state index is 0.320. The lowest BCUT2D eigenvalue weighted by molar-refractivity contribution is 0.454. The van der Waals surface area contributed by atoms with Crippen molar-refractivity contribution >= 4 is 40.3 Å². The molecule has 0 atom stereocenters. The molecule has 1 N–H and O–H groups in total. The third-order valence-corrected chi connectivity index (χ3v) is 4.89. The standard InChI is InChI=1S/C22H16BNO2/c25-23-26-17-12-10-16(11-13-17)24-21-8-4-3-7-19(21)20-14-9-15-5-1-2-6-18(15)22(20)24/h1-14,23,25H. The predicted octanol–water partition coefficient (Wildman–Crippen LogP) is 4.57. The Balaban J connectivity index is 1.91. The maximum atomic E-state index is 8.95. The molecule has 4 heteroatoms. The zero-order valence-corrected chi connectivity index (χ0v) is 14.1. The number of para-hydroxylation sites is 1.